The lowest BCUT2D eigenvalue weighted by molar-refractivity contribution is 0.0948. The molecular formula is C23H25ClN4O3. The largest absolute Gasteiger partial charge is 0.493 e. The molecule has 0 atom stereocenters. The number of benzene rings is 2. The van der Waals surface area contributed by atoms with Crippen molar-refractivity contribution in [2.45, 2.75) is 13.0 Å². The van der Waals surface area contributed by atoms with Crippen LogP contribution in [0.15, 0.2) is 42.6 Å². The molecule has 0 unspecified atom stereocenters. The van der Waals surface area contributed by atoms with Crippen LogP contribution in [-0.4, -0.2) is 54.9 Å². The molecule has 1 amide bonds. The highest BCUT2D eigenvalue weighted by molar-refractivity contribution is 6.30. The van der Waals surface area contributed by atoms with Crippen LogP contribution in [0.3, 0.4) is 0 Å². The van der Waals surface area contributed by atoms with Crippen molar-refractivity contribution in [3.05, 3.63) is 64.3 Å². The number of aromatic amines is 1. The molecule has 0 saturated heterocycles. The summed E-state index contributed by atoms with van der Waals surface area (Å²) in [5.41, 5.74) is 4.58. The van der Waals surface area contributed by atoms with Gasteiger partial charge < -0.3 is 14.8 Å². The maximum atomic E-state index is 12.7. The number of nitrogens with one attached hydrogen (secondary N) is 2. The average molecular weight is 441 g/mol. The van der Waals surface area contributed by atoms with Crippen LogP contribution in [0.1, 0.15) is 21.5 Å². The molecule has 3 aromatic rings. The van der Waals surface area contributed by atoms with Crippen molar-refractivity contribution in [2.24, 2.45) is 0 Å². The van der Waals surface area contributed by atoms with E-state index in [9.17, 15) is 4.79 Å². The molecule has 0 aliphatic carbocycles. The molecule has 2 aromatic carbocycles. The minimum Gasteiger partial charge on any atom is -0.493 e. The number of carbonyl (C=O) groups is 1. The number of hydrogen-bond acceptors (Lipinski definition) is 5. The fourth-order valence-electron chi connectivity index (χ4n) is 3.85. The van der Waals surface area contributed by atoms with Gasteiger partial charge in [-0.1, -0.05) is 23.7 Å². The van der Waals surface area contributed by atoms with E-state index in [2.05, 4.69) is 26.5 Å². The predicted octanol–water partition coefficient (Wildman–Crippen LogP) is 3.54. The lowest BCUT2D eigenvalue weighted by Crippen LogP contribution is -2.37. The first-order valence-electron chi connectivity index (χ1n) is 10.1. The summed E-state index contributed by atoms with van der Waals surface area (Å²) in [5, 5.41) is 10.6. The molecule has 162 valence electrons. The zero-order valence-corrected chi connectivity index (χ0v) is 18.3. The van der Waals surface area contributed by atoms with Gasteiger partial charge in [-0.05, 0) is 41.8 Å². The standard InChI is InChI=1S/C23H25ClN4O3/c1-30-20-11-16-7-9-28(14-17(16)12-21(20)31-2)10-8-25-23(29)19-13-26-27-22(19)15-3-5-18(24)6-4-15/h3-6,11-13H,7-10,14H2,1-2H3,(H,25,29)(H,26,27). The van der Waals surface area contributed by atoms with Crippen LogP contribution >= 0.6 is 11.6 Å². The summed E-state index contributed by atoms with van der Waals surface area (Å²) in [6.45, 7) is 3.05. The Hall–Kier alpha value is -3.03. The Morgan fingerprint density at radius 1 is 1.16 bits per heavy atom. The minimum absolute atomic E-state index is 0.150. The lowest BCUT2D eigenvalue weighted by Gasteiger charge is -2.29. The molecule has 1 aliphatic rings. The van der Waals surface area contributed by atoms with E-state index < -0.39 is 0 Å². The summed E-state index contributed by atoms with van der Waals surface area (Å²) in [7, 11) is 3.30. The number of ether oxygens (including phenoxy) is 2. The van der Waals surface area contributed by atoms with Crippen LogP contribution in [0.25, 0.3) is 11.3 Å². The molecule has 1 aromatic heterocycles. The van der Waals surface area contributed by atoms with Crippen molar-refractivity contribution >= 4 is 17.5 Å². The molecule has 4 rings (SSSR count). The third-order valence-electron chi connectivity index (χ3n) is 5.53. The number of methoxy groups -OCH3 is 2. The summed E-state index contributed by atoms with van der Waals surface area (Å²) in [6.07, 6.45) is 2.49. The maximum absolute atomic E-state index is 12.7. The van der Waals surface area contributed by atoms with Crippen molar-refractivity contribution in [1.82, 2.24) is 20.4 Å². The van der Waals surface area contributed by atoms with Gasteiger partial charge >= 0.3 is 0 Å². The van der Waals surface area contributed by atoms with E-state index in [0.29, 0.717) is 22.8 Å². The lowest BCUT2D eigenvalue weighted by atomic mass is 9.99. The second-order valence-corrected chi connectivity index (χ2v) is 7.86. The number of fused-ring (bicyclic) bond motifs is 1. The van der Waals surface area contributed by atoms with Gasteiger partial charge in [0.05, 0.1) is 31.7 Å². The van der Waals surface area contributed by atoms with Crippen LogP contribution in [0.5, 0.6) is 11.5 Å². The van der Waals surface area contributed by atoms with E-state index >= 15 is 0 Å². The van der Waals surface area contributed by atoms with Gasteiger partial charge in [0, 0.05) is 36.8 Å². The van der Waals surface area contributed by atoms with Crippen LogP contribution < -0.4 is 14.8 Å². The Kier molecular flexibility index (Phi) is 6.44. The van der Waals surface area contributed by atoms with E-state index in [1.54, 1.807) is 32.5 Å². The zero-order valence-electron chi connectivity index (χ0n) is 17.6. The number of aromatic nitrogens is 2. The van der Waals surface area contributed by atoms with Crippen molar-refractivity contribution in [1.29, 1.82) is 0 Å². The molecule has 1 aliphatic heterocycles. The summed E-state index contributed by atoms with van der Waals surface area (Å²) in [6, 6.07) is 11.4. The number of carbonyl (C=O) groups excluding carboxylic acids is 1. The van der Waals surface area contributed by atoms with Gasteiger partial charge in [0.15, 0.2) is 11.5 Å². The molecule has 0 saturated carbocycles. The van der Waals surface area contributed by atoms with Crippen molar-refractivity contribution < 1.29 is 14.3 Å². The van der Waals surface area contributed by atoms with Gasteiger partial charge in [0.2, 0.25) is 0 Å². The van der Waals surface area contributed by atoms with Gasteiger partial charge in [-0.15, -0.1) is 0 Å². The minimum atomic E-state index is -0.150. The van der Waals surface area contributed by atoms with E-state index in [0.717, 1.165) is 43.1 Å². The van der Waals surface area contributed by atoms with E-state index in [1.165, 1.54) is 11.1 Å². The van der Waals surface area contributed by atoms with Crippen LogP contribution in [0, 0.1) is 0 Å². The summed E-state index contributed by atoms with van der Waals surface area (Å²) < 4.78 is 10.8. The first-order chi connectivity index (χ1) is 15.1. The number of H-pyrrole nitrogens is 1. The highest BCUT2D eigenvalue weighted by Crippen LogP contribution is 2.33. The SMILES string of the molecule is COc1cc2c(cc1OC)CN(CCNC(=O)c1cn[nH]c1-c1ccc(Cl)cc1)CC2. The number of hydrogen-bond donors (Lipinski definition) is 2. The predicted molar refractivity (Wildman–Crippen MR) is 120 cm³/mol. The molecule has 8 heteroatoms. The van der Waals surface area contributed by atoms with Gasteiger partial charge in [-0.2, -0.15) is 5.10 Å². The third kappa shape index (κ3) is 4.68. The summed E-state index contributed by atoms with van der Waals surface area (Å²) >= 11 is 5.96. The molecular weight excluding hydrogens is 416 g/mol. The fourth-order valence-corrected chi connectivity index (χ4v) is 3.98. The molecule has 2 heterocycles. The smallest absolute Gasteiger partial charge is 0.255 e. The highest BCUT2D eigenvalue weighted by Gasteiger charge is 2.20. The number of nitrogens with zero attached hydrogens (tertiary/aromatic N) is 2. The molecule has 0 spiro atoms. The third-order valence-corrected chi connectivity index (χ3v) is 5.78. The number of halogens is 1. The quantitative estimate of drug-likeness (QED) is 0.587. The Balaban J connectivity index is 1.35. The molecule has 7 nitrogen and oxygen atoms in total. The van der Waals surface area contributed by atoms with Gasteiger partial charge in [-0.3, -0.25) is 14.8 Å². The highest BCUT2D eigenvalue weighted by atomic mass is 35.5. The average Bonchev–Trinajstić information content (AvgIpc) is 3.28. The van der Waals surface area contributed by atoms with Crippen molar-refractivity contribution in [3.8, 4) is 22.8 Å². The van der Waals surface area contributed by atoms with Crippen LogP contribution in [0.4, 0.5) is 0 Å². The van der Waals surface area contributed by atoms with Crippen molar-refractivity contribution in [2.75, 3.05) is 33.9 Å². The Morgan fingerprint density at radius 2 is 1.87 bits per heavy atom. The first kappa shape index (κ1) is 21.2. The maximum Gasteiger partial charge on any atom is 0.255 e. The van der Waals surface area contributed by atoms with Gasteiger partial charge in [0.25, 0.3) is 5.91 Å². The molecule has 0 bridgehead atoms. The number of rotatable bonds is 7. The summed E-state index contributed by atoms with van der Waals surface area (Å²) in [5.74, 6) is 1.35. The zero-order chi connectivity index (χ0) is 21.8. The normalized spacial score (nSPS) is 13.5. The Bertz CT molecular complexity index is 1070. The summed E-state index contributed by atoms with van der Waals surface area (Å²) in [4.78, 5) is 15.0. The van der Waals surface area contributed by atoms with Crippen LogP contribution in [0.2, 0.25) is 5.02 Å². The van der Waals surface area contributed by atoms with E-state index in [4.69, 9.17) is 21.1 Å². The molecule has 0 radical (unpaired) electrons. The first-order valence-corrected chi connectivity index (χ1v) is 10.5. The number of amides is 1. The molecule has 0 fully saturated rings. The van der Waals surface area contributed by atoms with E-state index in [1.807, 2.05) is 18.2 Å². The van der Waals surface area contributed by atoms with Gasteiger partial charge in [0.1, 0.15) is 0 Å². The molecule has 31 heavy (non-hydrogen) atoms. The second kappa shape index (κ2) is 9.41. The fraction of sp³-hybridized carbons (Fsp3) is 0.304. The topological polar surface area (TPSA) is 79.5 Å². The van der Waals surface area contributed by atoms with Crippen molar-refractivity contribution in [3.63, 3.8) is 0 Å². The van der Waals surface area contributed by atoms with Gasteiger partial charge in [-0.25, -0.2) is 0 Å². The Morgan fingerprint density at radius 3 is 2.58 bits per heavy atom. The monoisotopic (exact) mass is 440 g/mol. The van der Waals surface area contributed by atoms with Crippen LogP contribution in [-0.2, 0) is 13.0 Å². The Labute approximate surface area is 186 Å². The second-order valence-electron chi connectivity index (χ2n) is 7.42. The molecule has 2 N–H and O–H groups in total. The van der Waals surface area contributed by atoms with E-state index in [-0.39, 0.29) is 5.91 Å².